The summed E-state index contributed by atoms with van der Waals surface area (Å²) < 4.78 is 5.95. The molecule has 0 aliphatic heterocycles. The van der Waals surface area contributed by atoms with E-state index in [9.17, 15) is 0 Å². The van der Waals surface area contributed by atoms with E-state index in [2.05, 4.69) is 32.2 Å². The molecule has 18 heavy (non-hydrogen) atoms. The Morgan fingerprint density at radius 3 is 2.72 bits per heavy atom. The van der Waals surface area contributed by atoms with Gasteiger partial charge in [-0.1, -0.05) is 31.9 Å². The SMILES string of the molecule is CCCc1c(CNCC)oc2c(Cl)cc(C)cc12. The lowest BCUT2D eigenvalue weighted by atomic mass is 10.0. The molecule has 1 heterocycles. The standard InChI is InChI=1S/C15H20ClNO/c1-4-6-11-12-7-10(3)8-13(16)15(12)18-14(11)9-17-5-2/h7-8,17H,4-6,9H2,1-3H3. The molecular weight excluding hydrogens is 246 g/mol. The molecule has 2 rings (SSSR count). The second-order valence-electron chi connectivity index (χ2n) is 4.66. The maximum atomic E-state index is 6.27. The van der Waals surface area contributed by atoms with E-state index in [1.165, 1.54) is 16.5 Å². The topological polar surface area (TPSA) is 25.2 Å². The number of nitrogens with one attached hydrogen (secondary N) is 1. The number of furan rings is 1. The van der Waals surface area contributed by atoms with Crippen molar-refractivity contribution in [3.05, 3.63) is 34.0 Å². The molecule has 0 fully saturated rings. The molecule has 1 N–H and O–H groups in total. The molecular formula is C15H20ClNO. The Hall–Kier alpha value is -0.990. The fourth-order valence-electron chi connectivity index (χ4n) is 2.30. The van der Waals surface area contributed by atoms with Crippen molar-refractivity contribution in [2.45, 2.75) is 40.2 Å². The normalized spacial score (nSPS) is 11.3. The zero-order valence-electron chi connectivity index (χ0n) is 11.3. The lowest BCUT2D eigenvalue weighted by Crippen LogP contribution is -2.12. The number of hydrogen-bond acceptors (Lipinski definition) is 2. The van der Waals surface area contributed by atoms with Crippen LogP contribution >= 0.6 is 11.6 Å². The van der Waals surface area contributed by atoms with Gasteiger partial charge < -0.3 is 9.73 Å². The van der Waals surface area contributed by atoms with Crippen LogP contribution < -0.4 is 5.32 Å². The fraction of sp³-hybridized carbons (Fsp3) is 0.467. The monoisotopic (exact) mass is 265 g/mol. The zero-order chi connectivity index (χ0) is 13.1. The van der Waals surface area contributed by atoms with E-state index in [0.717, 1.165) is 37.3 Å². The number of benzene rings is 1. The summed E-state index contributed by atoms with van der Waals surface area (Å²) in [6.45, 7) is 8.07. The minimum Gasteiger partial charge on any atom is -0.458 e. The molecule has 98 valence electrons. The van der Waals surface area contributed by atoms with Crippen molar-refractivity contribution in [2.75, 3.05) is 6.54 Å². The van der Waals surface area contributed by atoms with Crippen molar-refractivity contribution in [1.29, 1.82) is 0 Å². The van der Waals surface area contributed by atoms with Crippen LogP contribution in [0.15, 0.2) is 16.5 Å². The molecule has 2 aromatic rings. The molecule has 0 spiro atoms. The maximum Gasteiger partial charge on any atom is 0.153 e. The average Bonchev–Trinajstić information content (AvgIpc) is 2.66. The Morgan fingerprint density at radius 2 is 2.06 bits per heavy atom. The minimum absolute atomic E-state index is 0.713. The van der Waals surface area contributed by atoms with Crippen LogP contribution in [0.25, 0.3) is 11.0 Å². The smallest absolute Gasteiger partial charge is 0.153 e. The van der Waals surface area contributed by atoms with Crippen LogP contribution in [0.3, 0.4) is 0 Å². The average molecular weight is 266 g/mol. The maximum absolute atomic E-state index is 6.27. The van der Waals surface area contributed by atoms with Crippen LogP contribution in [0.4, 0.5) is 0 Å². The van der Waals surface area contributed by atoms with Gasteiger partial charge in [-0.3, -0.25) is 0 Å². The van der Waals surface area contributed by atoms with Crippen LogP contribution in [-0.2, 0) is 13.0 Å². The molecule has 3 heteroatoms. The summed E-state index contributed by atoms with van der Waals surface area (Å²) in [5.41, 5.74) is 3.32. The molecule has 1 aromatic heterocycles. The molecule has 0 amide bonds. The van der Waals surface area contributed by atoms with Gasteiger partial charge in [0.25, 0.3) is 0 Å². The van der Waals surface area contributed by atoms with Gasteiger partial charge >= 0.3 is 0 Å². The summed E-state index contributed by atoms with van der Waals surface area (Å²) in [6, 6.07) is 4.13. The van der Waals surface area contributed by atoms with Gasteiger partial charge in [0.05, 0.1) is 11.6 Å². The summed E-state index contributed by atoms with van der Waals surface area (Å²) in [5.74, 6) is 1.03. The van der Waals surface area contributed by atoms with Crippen molar-refractivity contribution in [3.63, 3.8) is 0 Å². The second-order valence-corrected chi connectivity index (χ2v) is 5.06. The summed E-state index contributed by atoms with van der Waals surface area (Å²) in [6.07, 6.45) is 2.15. The number of rotatable bonds is 5. The van der Waals surface area contributed by atoms with E-state index in [1.54, 1.807) is 0 Å². The van der Waals surface area contributed by atoms with Crippen LogP contribution in [0.5, 0.6) is 0 Å². The van der Waals surface area contributed by atoms with Gasteiger partial charge in [0.1, 0.15) is 5.76 Å². The van der Waals surface area contributed by atoms with E-state index >= 15 is 0 Å². The molecule has 0 aliphatic carbocycles. The van der Waals surface area contributed by atoms with Crippen LogP contribution in [0.1, 0.15) is 37.2 Å². The summed E-state index contributed by atoms with van der Waals surface area (Å²) in [4.78, 5) is 0. The van der Waals surface area contributed by atoms with Gasteiger partial charge in [-0.25, -0.2) is 0 Å². The summed E-state index contributed by atoms with van der Waals surface area (Å²) in [5, 5.41) is 5.21. The van der Waals surface area contributed by atoms with Crippen molar-refractivity contribution in [3.8, 4) is 0 Å². The Balaban J connectivity index is 2.55. The first kappa shape index (κ1) is 13.4. The van der Waals surface area contributed by atoms with Crippen LogP contribution in [0.2, 0.25) is 5.02 Å². The van der Waals surface area contributed by atoms with Crippen molar-refractivity contribution >= 4 is 22.6 Å². The second kappa shape index (κ2) is 5.77. The minimum atomic E-state index is 0.713. The number of fused-ring (bicyclic) bond motifs is 1. The third kappa shape index (κ3) is 2.55. The molecule has 0 atom stereocenters. The molecule has 0 aliphatic rings. The molecule has 2 nitrogen and oxygen atoms in total. The Bertz CT molecular complexity index is 545. The third-order valence-corrected chi connectivity index (χ3v) is 3.39. The van der Waals surface area contributed by atoms with E-state index in [-0.39, 0.29) is 0 Å². The first-order chi connectivity index (χ1) is 8.67. The summed E-state index contributed by atoms with van der Waals surface area (Å²) >= 11 is 6.27. The van der Waals surface area contributed by atoms with E-state index < -0.39 is 0 Å². The van der Waals surface area contributed by atoms with Crippen LogP contribution in [-0.4, -0.2) is 6.54 Å². The highest BCUT2D eigenvalue weighted by Gasteiger charge is 2.15. The third-order valence-electron chi connectivity index (χ3n) is 3.11. The van der Waals surface area contributed by atoms with Gasteiger partial charge in [-0.05, 0) is 37.6 Å². The Kier molecular flexibility index (Phi) is 4.31. The van der Waals surface area contributed by atoms with E-state index in [4.69, 9.17) is 16.0 Å². The summed E-state index contributed by atoms with van der Waals surface area (Å²) in [7, 11) is 0. The molecule has 0 unspecified atom stereocenters. The Labute approximate surface area is 113 Å². The van der Waals surface area contributed by atoms with E-state index in [1.807, 2.05) is 6.07 Å². The van der Waals surface area contributed by atoms with Crippen LogP contribution in [0, 0.1) is 6.92 Å². The largest absolute Gasteiger partial charge is 0.458 e. The lowest BCUT2D eigenvalue weighted by molar-refractivity contribution is 0.513. The number of halogens is 1. The first-order valence-corrected chi connectivity index (χ1v) is 6.96. The Morgan fingerprint density at radius 1 is 1.28 bits per heavy atom. The zero-order valence-corrected chi connectivity index (χ0v) is 12.0. The predicted octanol–water partition coefficient (Wildman–Crippen LogP) is 4.46. The highest BCUT2D eigenvalue weighted by atomic mass is 35.5. The fourth-order valence-corrected chi connectivity index (χ4v) is 2.61. The first-order valence-electron chi connectivity index (χ1n) is 6.58. The van der Waals surface area contributed by atoms with Gasteiger partial charge in [-0.2, -0.15) is 0 Å². The highest BCUT2D eigenvalue weighted by molar-refractivity contribution is 6.35. The van der Waals surface area contributed by atoms with Crippen molar-refractivity contribution < 1.29 is 4.42 Å². The van der Waals surface area contributed by atoms with Gasteiger partial charge in [0.2, 0.25) is 0 Å². The molecule has 0 bridgehead atoms. The van der Waals surface area contributed by atoms with Gasteiger partial charge in [-0.15, -0.1) is 0 Å². The predicted molar refractivity (Wildman–Crippen MR) is 77.3 cm³/mol. The van der Waals surface area contributed by atoms with E-state index in [0.29, 0.717) is 5.02 Å². The van der Waals surface area contributed by atoms with Crippen molar-refractivity contribution in [1.82, 2.24) is 5.32 Å². The van der Waals surface area contributed by atoms with Gasteiger partial charge in [0, 0.05) is 10.9 Å². The number of aryl methyl sites for hydroxylation is 2. The highest BCUT2D eigenvalue weighted by Crippen LogP contribution is 2.33. The number of hydrogen-bond donors (Lipinski definition) is 1. The quantitative estimate of drug-likeness (QED) is 0.864. The molecule has 1 aromatic carbocycles. The lowest BCUT2D eigenvalue weighted by Gasteiger charge is -2.02. The van der Waals surface area contributed by atoms with Crippen molar-refractivity contribution in [2.24, 2.45) is 0 Å². The molecule has 0 saturated heterocycles. The van der Waals surface area contributed by atoms with Gasteiger partial charge in [0.15, 0.2) is 5.58 Å². The molecule has 0 radical (unpaired) electrons. The molecule has 0 saturated carbocycles.